The molecule has 0 aliphatic carbocycles. The van der Waals surface area contributed by atoms with Gasteiger partial charge < -0.3 is 15.2 Å². The minimum atomic E-state index is -0.205. The molecule has 0 bridgehead atoms. The molecule has 7 heteroatoms. The van der Waals surface area contributed by atoms with Gasteiger partial charge in [0.1, 0.15) is 0 Å². The van der Waals surface area contributed by atoms with E-state index in [2.05, 4.69) is 15.6 Å². The van der Waals surface area contributed by atoms with Crippen molar-refractivity contribution < 1.29 is 4.79 Å². The van der Waals surface area contributed by atoms with Crippen molar-refractivity contribution in [2.75, 3.05) is 10.6 Å². The molecule has 6 nitrogen and oxygen atoms in total. The number of benzene rings is 2. The fourth-order valence-electron chi connectivity index (χ4n) is 2.73. The van der Waals surface area contributed by atoms with Gasteiger partial charge in [0.05, 0.1) is 15.9 Å². The third kappa shape index (κ3) is 3.45. The largest absolute Gasteiger partial charge is 0.336 e. The van der Waals surface area contributed by atoms with Gasteiger partial charge in [-0.2, -0.15) is 0 Å². The number of fused-ring (bicyclic) bond motifs is 1. The summed E-state index contributed by atoms with van der Waals surface area (Å²) in [5.74, 6) is 0.113. The van der Waals surface area contributed by atoms with Crippen molar-refractivity contribution in [3.05, 3.63) is 81.3 Å². The standard InChI is InChI=1S/C20H16N4O2S/c1-24-16-6-3-2-5-15(16)23-18(20(24)26)21-13-8-10-14(11-9-13)22-19(25)17-7-4-12-27-17/h2-12H,1H3,(H,21,23)(H,22,25). The van der Waals surface area contributed by atoms with Gasteiger partial charge in [0.25, 0.3) is 11.5 Å². The summed E-state index contributed by atoms with van der Waals surface area (Å²) in [6.07, 6.45) is 0. The van der Waals surface area contributed by atoms with E-state index in [1.807, 2.05) is 35.7 Å². The van der Waals surface area contributed by atoms with Crippen LogP contribution in [0.15, 0.2) is 70.8 Å². The lowest BCUT2D eigenvalue weighted by Gasteiger charge is -2.10. The van der Waals surface area contributed by atoms with Gasteiger partial charge in [0.15, 0.2) is 5.82 Å². The number of para-hydroxylation sites is 2. The number of carbonyl (C=O) groups is 1. The average Bonchev–Trinajstić information content (AvgIpc) is 3.22. The number of aromatic nitrogens is 2. The molecule has 0 spiro atoms. The lowest BCUT2D eigenvalue weighted by atomic mass is 10.2. The zero-order chi connectivity index (χ0) is 18.8. The third-order valence-corrected chi connectivity index (χ3v) is 5.00. The molecule has 0 saturated carbocycles. The number of anilines is 3. The summed E-state index contributed by atoms with van der Waals surface area (Å²) in [6, 6.07) is 18.2. The Balaban J connectivity index is 1.55. The Morgan fingerprint density at radius 3 is 2.48 bits per heavy atom. The molecule has 0 atom stereocenters. The fraction of sp³-hybridized carbons (Fsp3) is 0.0500. The van der Waals surface area contributed by atoms with Crippen LogP contribution in [0.3, 0.4) is 0 Å². The first-order chi connectivity index (χ1) is 13.1. The third-order valence-electron chi connectivity index (χ3n) is 4.13. The highest BCUT2D eigenvalue weighted by Gasteiger charge is 2.09. The second-order valence-corrected chi connectivity index (χ2v) is 6.89. The molecule has 0 saturated heterocycles. The van der Waals surface area contributed by atoms with Gasteiger partial charge in [-0.1, -0.05) is 18.2 Å². The van der Waals surface area contributed by atoms with E-state index < -0.39 is 0 Å². The highest BCUT2D eigenvalue weighted by atomic mass is 32.1. The summed E-state index contributed by atoms with van der Waals surface area (Å²) in [5, 5.41) is 7.76. The zero-order valence-corrected chi connectivity index (χ0v) is 15.3. The van der Waals surface area contributed by atoms with Gasteiger partial charge >= 0.3 is 0 Å². The molecule has 0 aliphatic rings. The Labute approximate surface area is 159 Å². The average molecular weight is 376 g/mol. The number of nitrogens with zero attached hydrogens (tertiary/aromatic N) is 2. The zero-order valence-electron chi connectivity index (χ0n) is 14.5. The highest BCUT2D eigenvalue weighted by Crippen LogP contribution is 2.19. The number of nitrogens with one attached hydrogen (secondary N) is 2. The van der Waals surface area contributed by atoms with Crippen molar-refractivity contribution in [3.8, 4) is 0 Å². The number of rotatable bonds is 4. The van der Waals surface area contributed by atoms with Crippen molar-refractivity contribution in [1.29, 1.82) is 0 Å². The Kier molecular flexibility index (Phi) is 4.43. The molecule has 0 unspecified atom stereocenters. The van der Waals surface area contributed by atoms with E-state index in [0.29, 0.717) is 16.3 Å². The minimum Gasteiger partial charge on any atom is -0.336 e. The lowest BCUT2D eigenvalue weighted by molar-refractivity contribution is 0.103. The van der Waals surface area contributed by atoms with Gasteiger partial charge in [-0.05, 0) is 47.8 Å². The monoisotopic (exact) mass is 376 g/mol. The number of carbonyl (C=O) groups excluding carboxylic acids is 1. The van der Waals surface area contributed by atoms with E-state index in [1.54, 1.807) is 41.9 Å². The predicted molar refractivity (Wildman–Crippen MR) is 109 cm³/mol. The normalized spacial score (nSPS) is 10.7. The van der Waals surface area contributed by atoms with E-state index in [9.17, 15) is 9.59 Å². The molecule has 1 amide bonds. The molecule has 134 valence electrons. The maximum atomic E-state index is 12.5. The summed E-state index contributed by atoms with van der Waals surface area (Å²) in [7, 11) is 1.72. The molecule has 4 rings (SSSR count). The van der Waals surface area contributed by atoms with Gasteiger partial charge in [0.2, 0.25) is 0 Å². The van der Waals surface area contributed by atoms with Crippen LogP contribution in [0, 0.1) is 0 Å². The highest BCUT2D eigenvalue weighted by molar-refractivity contribution is 7.12. The smallest absolute Gasteiger partial charge is 0.293 e. The first-order valence-electron chi connectivity index (χ1n) is 8.29. The molecule has 2 heterocycles. The Hall–Kier alpha value is -3.45. The summed E-state index contributed by atoms with van der Waals surface area (Å²) in [5.41, 5.74) is 2.70. The van der Waals surface area contributed by atoms with Crippen molar-refractivity contribution in [2.24, 2.45) is 7.05 Å². The van der Waals surface area contributed by atoms with Crippen LogP contribution in [0.5, 0.6) is 0 Å². The minimum absolute atomic E-state index is 0.143. The molecular weight excluding hydrogens is 360 g/mol. The van der Waals surface area contributed by atoms with Gasteiger partial charge in [0, 0.05) is 18.4 Å². The number of thiophene rings is 1. The number of hydrogen-bond donors (Lipinski definition) is 2. The SMILES string of the molecule is Cn1c(=O)c(Nc2ccc(NC(=O)c3cccs3)cc2)nc2ccccc21. The van der Waals surface area contributed by atoms with E-state index in [0.717, 1.165) is 11.0 Å². The summed E-state index contributed by atoms with van der Waals surface area (Å²) in [4.78, 5) is 29.7. The quantitative estimate of drug-likeness (QED) is 0.565. The van der Waals surface area contributed by atoms with Crippen LogP contribution in [0.25, 0.3) is 11.0 Å². The van der Waals surface area contributed by atoms with Crippen molar-refractivity contribution in [3.63, 3.8) is 0 Å². The molecule has 4 aromatic rings. The van der Waals surface area contributed by atoms with Gasteiger partial charge in [-0.15, -0.1) is 11.3 Å². The first-order valence-corrected chi connectivity index (χ1v) is 9.17. The number of amides is 1. The molecular formula is C20H16N4O2S. The molecule has 0 radical (unpaired) electrons. The van der Waals surface area contributed by atoms with E-state index in [1.165, 1.54) is 11.3 Å². The van der Waals surface area contributed by atoms with E-state index in [4.69, 9.17) is 0 Å². The van der Waals surface area contributed by atoms with Crippen LogP contribution in [-0.4, -0.2) is 15.5 Å². The second-order valence-electron chi connectivity index (χ2n) is 5.95. The van der Waals surface area contributed by atoms with Crippen LogP contribution in [0.2, 0.25) is 0 Å². The summed E-state index contributed by atoms with van der Waals surface area (Å²) >= 11 is 1.39. The second kappa shape index (κ2) is 7.05. The summed E-state index contributed by atoms with van der Waals surface area (Å²) in [6.45, 7) is 0. The van der Waals surface area contributed by atoms with Crippen molar-refractivity contribution in [2.45, 2.75) is 0 Å². The molecule has 0 fully saturated rings. The van der Waals surface area contributed by atoms with Crippen LogP contribution in [0.4, 0.5) is 17.2 Å². The Bertz CT molecular complexity index is 1170. The van der Waals surface area contributed by atoms with E-state index in [-0.39, 0.29) is 17.3 Å². The van der Waals surface area contributed by atoms with Crippen LogP contribution >= 0.6 is 11.3 Å². The van der Waals surface area contributed by atoms with Crippen LogP contribution < -0.4 is 16.2 Å². The molecule has 27 heavy (non-hydrogen) atoms. The Morgan fingerprint density at radius 2 is 1.74 bits per heavy atom. The maximum absolute atomic E-state index is 12.5. The number of aryl methyl sites for hydroxylation is 1. The lowest BCUT2D eigenvalue weighted by Crippen LogP contribution is -2.21. The van der Waals surface area contributed by atoms with Crippen molar-refractivity contribution >= 4 is 45.5 Å². The molecule has 2 N–H and O–H groups in total. The number of hydrogen-bond acceptors (Lipinski definition) is 5. The molecule has 0 aliphatic heterocycles. The predicted octanol–water partition coefficient (Wildman–Crippen LogP) is 3.99. The van der Waals surface area contributed by atoms with Gasteiger partial charge in [-0.25, -0.2) is 4.98 Å². The van der Waals surface area contributed by atoms with Gasteiger partial charge in [-0.3, -0.25) is 9.59 Å². The molecule has 2 aromatic heterocycles. The topological polar surface area (TPSA) is 76.0 Å². The van der Waals surface area contributed by atoms with E-state index >= 15 is 0 Å². The van der Waals surface area contributed by atoms with Crippen molar-refractivity contribution in [1.82, 2.24) is 9.55 Å². The first kappa shape index (κ1) is 17.0. The summed E-state index contributed by atoms with van der Waals surface area (Å²) < 4.78 is 1.57. The maximum Gasteiger partial charge on any atom is 0.293 e. The molecule has 2 aromatic carbocycles. The van der Waals surface area contributed by atoms with Crippen LogP contribution in [-0.2, 0) is 7.05 Å². The Morgan fingerprint density at radius 1 is 1.00 bits per heavy atom. The van der Waals surface area contributed by atoms with Crippen LogP contribution in [0.1, 0.15) is 9.67 Å². The fourth-order valence-corrected chi connectivity index (χ4v) is 3.35.